The standard InChI is InChI=1S/C50H79N9O16.C2HF3O2/c51-14-2-1-3-44(50(66)54-42-10-6-40(36-60)7-11-42)55-46(62)38-75-37-45(61)52-15-17-67-19-21-69-23-25-71-27-29-73-31-32-74-30-28-72-26-24-70-22-20-68-18-16-58-35-43(56-57-58)33-53-49(65)41-8-4-39(5-9-41)34-59-47(63)12-13-48(59)64;3-2(4,5)1(6)7/h6-7,10-13,35,39,41,44,60H,1-5,8-9,14-34,36-38,51H2,(H,52,61)(H,53,65)(H,54,66)(H,55,62);(H,6,7)/t39?,41?,44-;/m0./s1. The summed E-state index contributed by atoms with van der Waals surface area (Å²) in [5.74, 6) is -4.53. The van der Waals surface area contributed by atoms with E-state index >= 15 is 0 Å². The highest BCUT2D eigenvalue weighted by Crippen LogP contribution is 2.30. The molecule has 0 spiro atoms. The number of nitrogens with one attached hydrogen (secondary N) is 4. The summed E-state index contributed by atoms with van der Waals surface area (Å²) in [6, 6.07) is 5.89. The first-order chi connectivity index (χ1) is 39.6. The Hall–Kier alpha value is -6.06. The van der Waals surface area contributed by atoms with Gasteiger partial charge in [-0.2, -0.15) is 13.2 Å². The van der Waals surface area contributed by atoms with Gasteiger partial charge >= 0.3 is 12.1 Å². The van der Waals surface area contributed by atoms with E-state index in [4.69, 9.17) is 58.3 Å². The molecule has 27 nitrogen and oxygen atoms in total. The van der Waals surface area contributed by atoms with Crippen LogP contribution in [0.3, 0.4) is 0 Å². The van der Waals surface area contributed by atoms with Crippen LogP contribution in [0.15, 0.2) is 42.6 Å². The molecule has 1 aliphatic heterocycles. The van der Waals surface area contributed by atoms with Gasteiger partial charge in [0, 0.05) is 36.8 Å². The highest BCUT2D eigenvalue weighted by atomic mass is 19.4. The zero-order valence-electron chi connectivity index (χ0n) is 46.1. The van der Waals surface area contributed by atoms with Crippen molar-refractivity contribution in [3.8, 4) is 0 Å². The van der Waals surface area contributed by atoms with E-state index in [1.54, 1.807) is 35.1 Å². The molecule has 8 N–H and O–H groups in total. The first-order valence-corrected chi connectivity index (χ1v) is 27.1. The Morgan fingerprint density at radius 3 is 1.68 bits per heavy atom. The fourth-order valence-corrected chi connectivity index (χ4v) is 7.60. The van der Waals surface area contributed by atoms with Gasteiger partial charge in [-0.3, -0.25) is 33.7 Å². The third-order valence-electron chi connectivity index (χ3n) is 11.9. The lowest BCUT2D eigenvalue weighted by molar-refractivity contribution is -0.192. The Morgan fingerprint density at radius 1 is 0.683 bits per heavy atom. The number of anilines is 1. The van der Waals surface area contributed by atoms with E-state index in [9.17, 15) is 47.0 Å². The molecule has 1 fully saturated rings. The number of amides is 6. The smallest absolute Gasteiger partial charge is 0.475 e. The van der Waals surface area contributed by atoms with Gasteiger partial charge in [0.05, 0.1) is 132 Å². The Morgan fingerprint density at radius 2 is 1.18 bits per heavy atom. The number of carboxylic acids is 1. The van der Waals surface area contributed by atoms with Gasteiger partial charge in [0.1, 0.15) is 24.9 Å². The summed E-state index contributed by atoms with van der Waals surface area (Å²) in [5.41, 5.74) is 7.48. The van der Waals surface area contributed by atoms with Crippen LogP contribution < -0.4 is 27.0 Å². The van der Waals surface area contributed by atoms with Gasteiger partial charge in [-0.15, -0.1) is 5.10 Å². The second kappa shape index (κ2) is 42.7. The van der Waals surface area contributed by atoms with Gasteiger partial charge in [0.15, 0.2) is 0 Å². The molecular weight excluding hydrogens is 1100 g/mol. The molecule has 1 aromatic carbocycles. The van der Waals surface area contributed by atoms with Gasteiger partial charge in [-0.25, -0.2) is 9.48 Å². The summed E-state index contributed by atoms with van der Waals surface area (Å²) in [7, 11) is 0. The number of aliphatic hydroxyl groups excluding tert-OH is 1. The summed E-state index contributed by atoms with van der Waals surface area (Å²) in [4.78, 5) is 84.0. The predicted octanol–water partition coefficient (Wildman–Crippen LogP) is 0.269. The molecule has 30 heteroatoms. The van der Waals surface area contributed by atoms with Crippen LogP contribution in [0.1, 0.15) is 56.2 Å². The van der Waals surface area contributed by atoms with E-state index in [2.05, 4.69) is 31.6 Å². The minimum atomic E-state index is -5.08. The van der Waals surface area contributed by atoms with E-state index in [0.29, 0.717) is 155 Å². The van der Waals surface area contributed by atoms with Crippen LogP contribution in [0, 0.1) is 11.8 Å². The molecule has 1 atom stereocenters. The van der Waals surface area contributed by atoms with Crippen molar-refractivity contribution < 1.29 is 99.6 Å². The van der Waals surface area contributed by atoms with Crippen molar-refractivity contribution in [2.24, 2.45) is 17.6 Å². The highest BCUT2D eigenvalue weighted by molar-refractivity contribution is 6.12. The number of unbranched alkanes of at least 4 members (excludes halogenated alkanes) is 1. The lowest BCUT2D eigenvalue weighted by Gasteiger charge is -2.29. The summed E-state index contributed by atoms with van der Waals surface area (Å²) in [5, 5.41) is 35.6. The molecule has 1 saturated carbocycles. The number of aliphatic carboxylic acids is 1. The third-order valence-corrected chi connectivity index (χ3v) is 11.9. The maximum absolute atomic E-state index is 12.9. The van der Waals surface area contributed by atoms with Crippen molar-refractivity contribution in [3.05, 3.63) is 53.9 Å². The van der Waals surface area contributed by atoms with Crippen LogP contribution in [0.25, 0.3) is 0 Å². The number of nitrogens with two attached hydrogens (primary N) is 1. The minimum absolute atomic E-state index is 0.0200. The van der Waals surface area contributed by atoms with Crippen LogP contribution in [-0.4, -0.2) is 222 Å². The molecule has 0 unspecified atom stereocenters. The van der Waals surface area contributed by atoms with Crippen molar-refractivity contribution in [2.75, 3.05) is 144 Å². The lowest BCUT2D eigenvalue weighted by atomic mass is 9.81. The summed E-state index contributed by atoms with van der Waals surface area (Å²) in [6.45, 7) is 7.57. The Labute approximate surface area is 473 Å². The van der Waals surface area contributed by atoms with Crippen molar-refractivity contribution in [1.29, 1.82) is 0 Å². The van der Waals surface area contributed by atoms with E-state index < -0.39 is 42.5 Å². The molecular formula is C52H80F3N9O18. The number of carbonyl (C=O) groups is 7. The zero-order chi connectivity index (χ0) is 59.6. The molecule has 6 amide bonds. The number of aromatic nitrogens is 3. The summed E-state index contributed by atoms with van der Waals surface area (Å²) >= 11 is 0. The minimum Gasteiger partial charge on any atom is -0.475 e. The molecule has 462 valence electrons. The molecule has 1 aromatic heterocycles. The number of aliphatic hydroxyl groups is 1. The Balaban J connectivity index is 0.00000236. The SMILES string of the molecule is NCCCC[C@H](NC(=O)COCC(=O)NCCOCCOCCOCCOCCOCCOCCOCCOCCn1cc(CNC(=O)C2CCC(CN3C(=O)C=CC3=O)CC2)nn1)C(=O)Nc1ccc(CO)cc1.O=C(O)C(F)(F)F. The fraction of sp³-hybridized carbons (Fsp3) is 0.673. The Kier molecular flexibility index (Phi) is 36.6. The number of alkyl halides is 3. The van der Waals surface area contributed by atoms with Crippen molar-refractivity contribution in [3.63, 3.8) is 0 Å². The number of ether oxygens (including phenoxy) is 9. The first kappa shape index (κ1) is 70.2. The van der Waals surface area contributed by atoms with Gasteiger partial charge in [0.25, 0.3) is 11.8 Å². The van der Waals surface area contributed by atoms with Crippen molar-refractivity contribution in [1.82, 2.24) is 35.8 Å². The first-order valence-electron chi connectivity index (χ1n) is 27.1. The maximum Gasteiger partial charge on any atom is 0.490 e. The third kappa shape index (κ3) is 32.5. The number of carbonyl (C=O) groups excluding carboxylic acids is 6. The maximum atomic E-state index is 12.9. The van der Waals surface area contributed by atoms with E-state index in [0.717, 1.165) is 25.7 Å². The van der Waals surface area contributed by atoms with Crippen LogP contribution in [-0.2, 0) is 95.9 Å². The number of hydrogen-bond donors (Lipinski definition) is 7. The normalized spacial score (nSPS) is 15.5. The molecule has 0 radical (unpaired) electrons. The number of rotatable bonds is 44. The molecule has 2 aromatic rings. The van der Waals surface area contributed by atoms with Crippen LogP contribution in [0.4, 0.5) is 18.9 Å². The van der Waals surface area contributed by atoms with Crippen LogP contribution >= 0.6 is 0 Å². The number of hydrogen-bond acceptors (Lipinski definition) is 20. The Bertz CT molecular complexity index is 2170. The number of nitrogens with zero attached hydrogens (tertiary/aromatic N) is 4. The largest absolute Gasteiger partial charge is 0.490 e. The van der Waals surface area contributed by atoms with Gasteiger partial charge < -0.3 is 79.8 Å². The molecule has 0 saturated heterocycles. The van der Waals surface area contributed by atoms with Crippen molar-refractivity contribution in [2.45, 2.75) is 76.9 Å². The number of carboxylic acid groups (broad SMARTS) is 1. The average molecular weight is 1180 g/mol. The molecule has 1 aliphatic carbocycles. The zero-order valence-corrected chi connectivity index (χ0v) is 46.1. The highest BCUT2D eigenvalue weighted by Gasteiger charge is 2.38. The number of halogens is 3. The fourth-order valence-electron chi connectivity index (χ4n) is 7.60. The molecule has 82 heavy (non-hydrogen) atoms. The van der Waals surface area contributed by atoms with Gasteiger partial charge in [-0.05, 0) is 75.1 Å². The quantitative estimate of drug-likeness (QED) is 0.0346. The molecule has 2 aliphatic rings. The topological polar surface area (TPSA) is 351 Å². The molecule has 0 bridgehead atoms. The number of imide groups is 1. The van der Waals surface area contributed by atoms with Crippen molar-refractivity contribution >= 4 is 47.1 Å². The average Bonchev–Trinajstić information content (AvgIpc) is 4.20. The van der Waals surface area contributed by atoms with E-state index in [1.165, 1.54) is 17.1 Å². The monoisotopic (exact) mass is 1180 g/mol. The second-order valence-corrected chi connectivity index (χ2v) is 18.3. The van der Waals surface area contributed by atoms with Gasteiger partial charge in [0.2, 0.25) is 23.6 Å². The number of benzene rings is 1. The van der Waals surface area contributed by atoms with Crippen LogP contribution in [0.5, 0.6) is 0 Å². The lowest BCUT2D eigenvalue weighted by Crippen LogP contribution is -2.45. The summed E-state index contributed by atoms with van der Waals surface area (Å²) < 4.78 is 82.8. The molecule has 2 heterocycles. The van der Waals surface area contributed by atoms with Crippen LogP contribution in [0.2, 0.25) is 0 Å². The van der Waals surface area contributed by atoms with E-state index in [-0.39, 0.29) is 62.5 Å². The second-order valence-electron chi connectivity index (χ2n) is 18.3. The summed E-state index contributed by atoms with van der Waals surface area (Å²) in [6.07, 6.45) is 4.02. The van der Waals surface area contributed by atoms with Gasteiger partial charge in [-0.1, -0.05) is 17.3 Å². The predicted molar refractivity (Wildman–Crippen MR) is 283 cm³/mol. The van der Waals surface area contributed by atoms with E-state index in [1.807, 2.05) is 0 Å². The molecule has 4 rings (SSSR count).